The van der Waals surface area contributed by atoms with Crippen LogP contribution < -0.4 is 4.90 Å². The highest BCUT2D eigenvalue weighted by atomic mass is 15.1. The van der Waals surface area contributed by atoms with E-state index < -0.39 is 0 Å². The lowest BCUT2D eigenvalue weighted by atomic mass is 9.91. The molecule has 1 unspecified atom stereocenters. The lowest BCUT2D eigenvalue weighted by Gasteiger charge is -2.24. The molecule has 0 fully saturated rings. The second-order valence-corrected chi connectivity index (χ2v) is 6.72. The third-order valence-electron chi connectivity index (χ3n) is 4.42. The highest BCUT2D eigenvalue weighted by molar-refractivity contribution is 5.83. The Labute approximate surface area is 153 Å². The maximum atomic E-state index is 2.35. The van der Waals surface area contributed by atoms with E-state index >= 15 is 0 Å². The predicted octanol–water partition coefficient (Wildman–Crippen LogP) is 5.08. The zero-order valence-corrected chi connectivity index (χ0v) is 16.1. The molecule has 1 aromatic carbocycles. The highest BCUT2D eigenvalue weighted by Crippen LogP contribution is 2.29. The fraction of sp³-hybridized carbons (Fsp3) is 0.304. The van der Waals surface area contributed by atoms with Crippen LogP contribution in [0.25, 0.3) is 5.57 Å². The van der Waals surface area contributed by atoms with Gasteiger partial charge in [-0.3, -0.25) is 0 Å². The summed E-state index contributed by atoms with van der Waals surface area (Å²) < 4.78 is 0. The number of hydrogen-bond donors (Lipinski definition) is 0. The van der Waals surface area contributed by atoms with Gasteiger partial charge in [0.25, 0.3) is 0 Å². The van der Waals surface area contributed by atoms with Gasteiger partial charge in [-0.05, 0) is 56.3 Å². The standard InChI is InChI=1S/C23H30N2/c1-6-7-8-9-10-23(19-11-15-21(16-12-19)24(2)3)20-13-17-22(18-14-20)25(4)5/h6-17,22H,18H2,1-5H3/b7-6+,9-8+,23-10-. The average molecular weight is 335 g/mol. The van der Waals surface area contributed by atoms with Crippen molar-refractivity contribution < 1.29 is 0 Å². The van der Waals surface area contributed by atoms with E-state index in [2.05, 4.69) is 105 Å². The summed E-state index contributed by atoms with van der Waals surface area (Å²) >= 11 is 0. The summed E-state index contributed by atoms with van der Waals surface area (Å²) in [5.74, 6) is 0. The average Bonchev–Trinajstić information content (AvgIpc) is 2.62. The van der Waals surface area contributed by atoms with Crippen LogP contribution in [0.15, 0.2) is 78.4 Å². The molecule has 2 rings (SSSR count). The van der Waals surface area contributed by atoms with Gasteiger partial charge in [-0.1, -0.05) is 60.7 Å². The van der Waals surface area contributed by atoms with E-state index in [1.165, 1.54) is 22.4 Å². The van der Waals surface area contributed by atoms with Gasteiger partial charge in [0.05, 0.1) is 0 Å². The number of anilines is 1. The third kappa shape index (κ3) is 5.33. The maximum Gasteiger partial charge on any atom is 0.0361 e. The number of allylic oxidation sites excluding steroid dienone is 8. The van der Waals surface area contributed by atoms with Crippen molar-refractivity contribution in [1.29, 1.82) is 0 Å². The molecule has 0 saturated carbocycles. The lowest BCUT2D eigenvalue weighted by molar-refractivity contribution is 0.343. The first-order chi connectivity index (χ1) is 12.0. The molecule has 132 valence electrons. The Morgan fingerprint density at radius 3 is 2.24 bits per heavy atom. The summed E-state index contributed by atoms with van der Waals surface area (Å²) in [7, 11) is 8.40. The van der Waals surface area contributed by atoms with Crippen LogP contribution in [-0.4, -0.2) is 39.1 Å². The van der Waals surface area contributed by atoms with Gasteiger partial charge in [0.1, 0.15) is 0 Å². The molecule has 0 bridgehead atoms. The minimum absolute atomic E-state index is 0.486. The van der Waals surface area contributed by atoms with E-state index in [1.54, 1.807) is 0 Å². The fourth-order valence-electron chi connectivity index (χ4n) is 2.82. The topological polar surface area (TPSA) is 6.48 Å². The summed E-state index contributed by atoms with van der Waals surface area (Å²) in [5.41, 5.74) is 5.02. The Balaban J connectivity index is 2.33. The molecule has 0 aliphatic heterocycles. The molecular weight excluding hydrogens is 304 g/mol. The molecule has 0 radical (unpaired) electrons. The van der Waals surface area contributed by atoms with Crippen molar-refractivity contribution in [3.63, 3.8) is 0 Å². The molecule has 0 N–H and O–H groups in total. The van der Waals surface area contributed by atoms with Crippen molar-refractivity contribution >= 4 is 11.3 Å². The molecule has 25 heavy (non-hydrogen) atoms. The molecule has 0 aromatic heterocycles. The van der Waals surface area contributed by atoms with Gasteiger partial charge < -0.3 is 9.80 Å². The van der Waals surface area contributed by atoms with E-state index in [-0.39, 0.29) is 0 Å². The second kappa shape index (κ2) is 9.24. The molecule has 1 aliphatic rings. The second-order valence-electron chi connectivity index (χ2n) is 6.72. The Hall–Kier alpha value is -2.32. The predicted molar refractivity (Wildman–Crippen MR) is 112 cm³/mol. The van der Waals surface area contributed by atoms with Crippen LogP contribution in [0.2, 0.25) is 0 Å². The van der Waals surface area contributed by atoms with Crippen molar-refractivity contribution in [2.24, 2.45) is 0 Å². The molecule has 1 aromatic rings. The summed E-state index contributed by atoms with van der Waals surface area (Å²) in [5, 5.41) is 0. The number of likely N-dealkylation sites (N-methyl/N-ethyl adjacent to an activating group) is 1. The minimum atomic E-state index is 0.486. The van der Waals surface area contributed by atoms with Crippen LogP contribution in [0, 0.1) is 0 Å². The van der Waals surface area contributed by atoms with Gasteiger partial charge in [-0.15, -0.1) is 0 Å². The van der Waals surface area contributed by atoms with Crippen molar-refractivity contribution in [3.05, 3.63) is 84.0 Å². The van der Waals surface area contributed by atoms with E-state index in [1.807, 2.05) is 13.0 Å². The summed E-state index contributed by atoms with van der Waals surface area (Å²) in [4.78, 5) is 4.38. The SMILES string of the molecule is C/C=C/C=C/C=C(\C1=CCC(N(C)C)C=C1)c1ccc(N(C)C)cc1. The zero-order chi connectivity index (χ0) is 18.2. The Kier molecular flexibility index (Phi) is 7.03. The molecule has 0 saturated heterocycles. The number of rotatable bonds is 6. The van der Waals surface area contributed by atoms with Gasteiger partial charge >= 0.3 is 0 Å². The maximum absolute atomic E-state index is 2.35. The zero-order valence-electron chi connectivity index (χ0n) is 16.1. The molecule has 0 heterocycles. The fourth-order valence-corrected chi connectivity index (χ4v) is 2.82. The van der Waals surface area contributed by atoms with Gasteiger partial charge in [0, 0.05) is 25.8 Å². The summed E-state index contributed by atoms with van der Waals surface area (Å²) in [6, 6.07) is 9.25. The quantitative estimate of drug-likeness (QED) is 0.669. The van der Waals surface area contributed by atoms with Crippen LogP contribution >= 0.6 is 0 Å². The molecule has 0 amide bonds. The van der Waals surface area contributed by atoms with Crippen LogP contribution in [0.1, 0.15) is 18.9 Å². The Bertz CT molecular complexity index is 698. The van der Waals surface area contributed by atoms with E-state index in [4.69, 9.17) is 0 Å². The van der Waals surface area contributed by atoms with Crippen LogP contribution in [-0.2, 0) is 0 Å². The summed E-state index contributed by atoms with van der Waals surface area (Å²) in [6.07, 6.45) is 18.4. The van der Waals surface area contributed by atoms with Gasteiger partial charge in [0.15, 0.2) is 0 Å². The third-order valence-corrected chi connectivity index (χ3v) is 4.42. The van der Waals surface area contributed by atoms with Crippen LogP contribution in [0.4, 0.5) is 5.69 Å². The van der Waals surface area contributed by atoms with E-state index in [9.17, 15) is 0 Å². The monoisotopic (exact) mass is 334 g/mol. The lowest BCUT2D eigenvalue weighted by Crippen LogP contribution is -2.26. The Morgan fingerprint density at radius 2 is 1.72 bits per heavy atom. The molecule has 0 spiro atoms. The van der Waals surface area contributed by atoms with Crippen molar-refractivity contribution in [2.45, 2.75) is 19.4 Å². The molecule has 2 heteroatoms. The van der Waals surface area contributed by atoms with E-state index in [0.29, 0.717) is 6.04 Å². The minimum Gasteiger partial charge on any atom is -0.378 e. The largest absolute Gasteiger partial charge is 0.378 e. The smallest absolute Gasteiger partial charge is 0.0361 e. The molecule has 1 aliphatic carbocycles. The Morgan fingerprint density at radius 1 is 1.00 bits per heavy atom. The first kappa shape index (κ1) is 19.0. The molecule has 1 atom stereocenters. The normalized spacial score (nSPS) is 18.4. The van der Waals surface area contributed by atoms with Crippen molar-refractivity contribution in [1.82, 2.24) is 4.90 Å². The highest BCUT2D eigenvalue weighted by Gasteiger charge is 2.13. The van der Waals surface area contributed by atoms with Crippen molar-refractivity contribution in [3.8, 4) is 0 Å². The molecule has 2 nitrogen and oxygen atoms in total. The van der Waals surface area contributed by atoms with Gasteiger partial charge in [-0.2, -0.15) is 0 Å². The number of nitrogens with zero attached hydrogens (tertiary/aromatic N) is 2. The van der Waals surface area contributed by atoms with Crippen LogP contribution in [0.5, 0.6) is 0 Å². The summed E-state index contributed by atoms with van der Waals surface area (Å²) in [6.45, 7) is 2.03. The number of benzene rings is 1. The van der Waals surface area contributed by atoms with Gasteiger partial charge in [0.2, 0.25) is 0 Å². The molecular formula is C23H30N2. The van der Waals surface area contributed by atoms with Gasteiger partial charge in [-0.25, -0.2) is 0 Å². The van der Waals surface area contributed by atoms with Crippen molar-refractivity contribution in [2.75, 3.05) is 33.1 Å². The first-order valence-corrected chi connectivity index (χ1v) is 8.85. The van der Waals surface area contributed by atoms with E-state index in [0.717, 1.165) is 6.42 Å². The number of hydrogen-bond acceptors (Lipinski definition) is 2. The first-order valence-electron chi connectivity index (χ1n) is 8.85. The van der Waals surface area contributed by atoms with Crippen LogP contribution in [0.3, 0.4) is 0 Å².